The molecule has 22 heavy (non-hydrogen) atoms. The Balaban J connectivity index is 2.10. The maximum Gasteiger partial charge on any atom is 0.165 e. The number of hydrogen-bond acceptors (Lipinski definition) is 2. The third kappa shape index (κ3) is 7.72. The Morgan fingerprint density at radius 3 is 1.91 bits per heavy atom. The maximum atomic E-state index is 12.1. The van der Waals surface area contributed by atoms with Crippen molar-refractivity contribution in [3.63, 3.8) is 0 Å². The largest absolute Gasteiger partial charge is 0.294 e. The molecule has 0 atom stereocenters. The molecule has 0 bridgehead atoms. The van der Waals surface area contributed by atoms with E-state index in [-0.39, 0.29) is 14.2 Å². The highest BCUT2D eigenvalue weighted by Gasteiger charge is 2.13. The molecule has 0 saturated heterocycles. The summed E-state index contributed by atoms with van der Waals surface area (Å²) in [6.45, 7) is 0. The number of halogens is 2. The van der Waals surface area contributed by atoms with Gasteiger partial charge in [0.2, 0.25) is 0 Å². The van der Waals surface area contributed by atoms with Crippen molar-refractivity contribution >= 4 is 37.4 Å². The van der Waals surface area contributed by atoms with Crippen molar-refractivity contribution in [3.8, 4) is 0 Å². The minimum Gasteiger partial charge on any atom is -0.294 e. The van der Waals surface area contributed by atoms with E-state index in [9.17, 15) is 9.36 Å². The second kappa shape index (κ2) is 12.0. The Kier molecular flexibility index (Phi) is 10.7. The summed E-state index contributed by atoms with van der Waals surface area (Å²) in [5, 5.41) is 0.880. The predicted octanol–water partition coefficient (Wildman–Crippen LogP) is 6.98. The first-order valence-corrected chi connectivity index (χ1v) is 9.68. The van der Waals surface area contributed by atoms with Crippen LogP contribution in [0.2, 0.25) is 10.0 Å². The highest BCUT2D eigenvalue weighted by atomic mass is 35.5. The van der Waals surface area contributed by atoms with E-state index in [4.69, 9.17) is 23.2 Å². The molecule has 1 aromatic rings. The lowest BCUT2D eigenvalue weighted by atomic mass is 10.0. The molecule has 0 aliphatic carbocycles. The molecular formula is C17H23Cl2O2P. The molecule has 0 heterocycles. The first-order chi connectivity index (χ1) is 10.7. The van der Waals surface area contributed by atoms with Crippen LogP contribution in [0.15, 0.2) is 18.2 Å². The SMILES string of the molecule is O=PCCCCCCCCCCC(=O)c1c(Cl)cccc1Cl. The lowest BCUT2D eigenvalue weighted by Crippen LogP contribution is -2.01. The van der Waals surface area contributed by atoms with Crippen LogP contribution in [0, 0.1) is 0 Å². The number of unbranched alkanes of at least 4 members (excludes halogenated alkanes) is 7. The van der Waals surface area contributed by atoms with Gasteiger partial charge in [-0.1, -0.05) is 67.8 Å². The van der Waals surface area contributed by atoms with Crippen molar-refractivity contribution in [1.82, 2.24) is 0 Å². The molecule has 1 rings (SSSR count). The van der Waals surface area contributed by atoms with Gasteiger partial charge in [-0.2, -0.15) is 0 Å². The molecule has 122 valence electrons. The number of Topliss-reactive ketones (excluding diaryl/α,β-unsaturated/α-hetero) is 1. The van der Waals surface area contributed by atoms with Crippen LogP contribution in [0.3, 0.4) is 0 Å². The summed E-state index contributed by atoms with van der Waals surface area (Å²) in [7, 11) is 0.266. The molecule has 2 nitrogen and oxygen atoms in total. The zero-order chi connectivity index (χ0) is 16.2. The summed E-state index contributed by atoms with van der Waals surface area (Å²) in [4.78, 5) is 12.1. The summed E-state index contributed by atoms with van der Waals surface area (Å²) in [5.74, 6) is 0.0346. The average Bonchev–Trinajstić information content (AvgIpc) is 2.49. The highest BCUT2D eigenvalue weighted by molar-refractivity contribution is 7.23. The molecule has 0 aliphatic heterocycles. The van der Waals surface area contributed by atoms with Gasteiger partial charge in [-0.3, -0.25) is 9.36 Å². The van der Waals surface area contributed by atoms with Gasteiger partial charge in [0.15, 0.2) is 14.2 Å². The van der Waals surface area contributed by atoms with Gasteiger partial charge in [0.05, 0.1) is 15.6 Å². The molecule has 5 heteroatoms. The number of rotatable bonds is 12. The summed E-state index contributed by atoms with van der Waals surface area (Å²) in [6, 6.07) is 5.15. The fourth-order valence-electron chi connectivity index (χ4n) is 2.41. The molecular weight excluding hydrogens is 338 g/mol. The minimum atomic E-state index is 0.0346. The van der Waals surface area contributed by atoms with Crippen LogP contribution in [0.1, 0.15) is 68.1 Å². The zero-order valence-electron chi connectivity index (χ0n) is 12.8. The van der Waals surface area contributed by atoms with E-state index in [1.807, 2.05) is 0 Å². The zero-order valence-corrected chi connectivity index (χ0v) is 15.2. The molecule has 1 aromatic carbocycles. The van der Waals surface area contributed by atoms with E-state index in [1.165, 1.54) is 25.7 Å². The van der Waals surface area contributed by atoms with Gasteiger partial charge < -0.3 is 0 Å². The molecule has 0 N–H and O–H groups in total. The number of benzene rings is 1. The fraction of sp³-hybridized carbons (Fsp3) is 0.588. The second-order valence-electron chi connectivity index (χ2n) is 5.45. The average molecular weight is 361 g/mol. The van der Waals surface area contributed by atoms with Gasteiger partial charge in [0, 0.05) is 12.6 Å². The first-order valence-electron chi connectivity index (χ1n) is 7.93. The van der Waals surface area contributed by atoms with Crippen LogP contribution in [-0.2, 0) is 4.57 Å². The fourth-order valence-corrected chi connectivity index (χ4v) is 3.37. The van der Waals surface area contributed by atoms with Crippen molar-refractivity contribution in [1.29, 1.82) is 0 Å². The van der Waals surface area contributed by atoms with Gasteiger partial charge in [-0.25, -0.2) is 0 Å². The molecule has 0 amide bonds. The van der Waals surface area contributed by atoms with Crippen molar-refractivity contribution in [2.45, 2.75) is 57.8 Å². The van der Waals surface area contributed by atoms with Crippen molar-refractivity contribution in [2.24, 2.45) is 0 Å². The Bertz CT molecular complexity index is 457. The highest BCUT2D eigenvalue weighted by Crippen LogP contribution is 2.26. The van der Waals surface area contributed by atoms with E-state index in [0.29, 0.717) is 22.0 Å². The van der Waals surface area contributed by atoms with Crippen LogP contribution in [0.25, 0.3) is 0 Å². The Morgan fingerprint density at radius 1 is 0.864 bits per heavy atom. The van der Waals surface area contributed by atoms with Crippen molar-refractivity contribution in [3.05, 3.63) is 33.8 Å². The Morgan fingerprint density at radius 2 is 1.36 bits per heavy atom. The smallest absolute Gasteiger partial charge is 0.165 e. The lowest BCUT2D eigenvalue weighted by Gasteiger charge is -2.06. The molecule has 0 spiro atoms. The number of hydrogen-bond donors (Lipinski definition) is 0. The second-order valence-corrected chi connectivity index (χ2v) is 6.97. The quantitative estimate of drug-likeness (QED) is 0.229. The van der Waals surface area contributed by atoms with Crippen LogP contribution in [0.4, 0.5) is 0 Å². The standard InChI is InChI=1S/C17H23Cl2O2P/c18-14-10-9-11-15(19)17(14)16(20)12-7-5-3-1-2-4-6-8-13-22-21/h9-11H,1-8,12-13H2. The summed E-state index contributed by atoms with van der Waals surface area (Å²) in [5.41, 5.74) is 0.462. The van der Waals surface area contributed by atoms with E-state index in [2.05, 4.69) is 0 Å². The molecule has 0 saturated carbocycles. The van der Waals surface area contributed by atoms with Crippen molar-refractivity contribution in [2.75, 3.05) is 6.16 Å². The molecule has 0 aliphatic rings. The van der Waals surface area contributed by atoms with Crippen LogP contribution < -0.4 is 0 Å². The third-order valence-corrected chi connectivity index (χ3v) is 4.77. The Hall–Kier alpha value is -0.430. The maximum absolute atomic E-state index is 12.1. The van der Waals surface area contributed by atoms with Gasteiger partial charge >= 0.3 is 0 Å². The predicted molar refractivity (Wildman–Crippen MR) is 94.8 cm³/mol. The van der Waals surface area contributed by atoms with Crippen molar-refractivity contribution < 1.29 is 9.36 Å². The van der Waals surface area contributed by atoms with Crippen LogP contribution in [-0.4, -0.2) is 11.9 Å². The monoisotopic (exact) mass is 360 g/mol. The first kappa shape index (κ1) is 19.6. The van der Waals surface area contributed by atoms with E-state index < -0.39 is 0 Å². The van der Waals surface area contributed by atoms with Gasteiger partial charge in [0.1, 0.15) is 0 Å². The Labute approximate surface area is 144 Å². The van der Waals surface area contributed by atoms with Gasteiger partial charge in [-0.05, 0) is 25.0 Å². The van der Waals surface area contributed by atoms with Crippen LogP contribution in [0.5, 0.6) is 0 Å². The van der Waals surface area contributed by atoms with E-state index in [1.54, 1.807) is 18.2 Å². The molecule has 0 unspecified atom stereocenters. The third-order valence-electron chi connectivity index (χ3n) is 3.64. The topological polar surface area (TPSA) is 34.1 Å². The van der Waals surface area contributed by atoms with Crippen LogP contribution >= 0.6 is 31.7 Å². The molecule has 0 aromatic heterocycles. The number of ketones is 1. The lowest BCUT2D eigenvalue weighted by molar-refractivity contribution is 0.0979. The van der Waals surface area contributed by atoms with Gasteiger partial charge in [0.25, 0.3) is 0 Å². The summed E-state index contributed by atoms with van der Waals surface area (Å²) in [6.07, 6.45) is 10.3. The van der Waals surface area contributed by atoms with E-state index in [0.717, 1.165) is 31.8 Å². The minimum absolute atomic E-state index is 0.0346. The molecule has 0 radical (unpaired) electrons. The summed E-state index contributed by atoms with van der Waals surface area (Å²) < 4.78 is 10.3. The summed E-state index contributed by atoms with van der Waals surface area (Å²) >= 11 is 12.1. The molecule has 0 fully saturated rings. The van der Waals surface area contributed by atoms with E-state index >= 15 is 0 Å². The normalized spacial score (nSPS) is 11.0. The number of carbonyl (C=O) groups excluding carboxylic acids is 1. The van der Waals surface area contributed by atoms with Gasteiger partial charge in [-0.15, -0.1) is 0 Å². The number of carbonyl (C=O) groups is 1.